The molecule has 1 aliphatic carbocycles. The van der Waals surface area contributed by atoms with Crippen molar-refractivity contribution in [2.24, 2.45) is 0 Å². The molecule has 0 radical (unpaired) electrons. The first-order valence-corrected chi connectivity index (χ1v) is 6.62. The van der Waals surface area contributed by atoms with Gasteiger partial charge in [0.05, 0.1) is 5.56 Å². The second-order valence-electron chi connectivity index (χ2n) is 4.98. The molecule has 0 aliphatic heterocycles. The summed E-state index contributed by atoms with van der Waals surface area (Å²) in [6.07, 6.45) is 5.73. The first kappa shape index (κ1) is 12.3. The van der Waals surface area contributed by atoms with Gasteiger partial charge in [-0.2, -0.15) is 5.10 Å². The molecule has 5 heteroatoms. The van der Waals surface area contributed by atoms with Crippen molar-refractivity contribution in [3.63, 3.8) is 0 Å². The van der Waals surface area contributed by atoms with Gasteiger partial charge in [0.15, 0.2) is 5.82 Å². The fraction of sp³-hybridized carbons (Fsp3) is 0.429. The highest BCUT2D eigenvalue weighted by Gasteiger charge is 2.21. The molecule has 0 atom stereocenters. The lowest BCUT2D eigenvalue weighted by Crippen LogP contribution is -2.06. The van der Waals surface area contributed by atoms with E-state index < -0.39 is 11.6 Å². The van der Waals surface area contributed by atoms with Crippen LogP contribution < -0.4 is 0 Å². The van der Waals surface area contributed by atoms with Gasteiger partial charge in [-0.1, -0.05) is 25.3 Å². The molecule has 0 spiro atoms. The van der Waals surface area contributed by atoms with Gasteiger partial charge in [-0.05, 0) is 25.0 Å². The molecular weight excluding hydrogens is 248 g/mol. The molecule has 1 aliphatic rings. The number of aromatic nitrogens is 3. The van der Waals surface area contributed by atoms with E-state index in [2.05, 4.69) is 15.2 Å². The van der Waals surface area contributed by atoms with E-state index in [9.17, 15) is 8.78 Å². The number of aromatic amines is 1. The third-order valence-electron chi connectivity index (χ3n) is 3.68. The van der Waals surface area contributed by atoms with Gasteiger partial charge in [0.2, 0.25) is 0 Å². The molecule has 3 rings (SSSR count). The van der Waals surface area contributed by atoms with Crippen LogP contribution in [0.1, 0.15) is 43.8 Å². The van der Waals surface area contributed by atoms with E-state index in [1.165, 1.54) is 37.5 Å². The van der Waals surface area contributed by atoms with Crippen LogP contribution in [0.4, 0.5) is 8.78 Å². The van der Waals surface area contributed by atoms with E-state index in [-0.39, 0.29) is 11.4 Å². The Hall–Kier alpha value is -1.78. The summed E-state index contributed by atoms with van der Waals surface area (Å²) in [6.45, 7) is 0. The van der Waals surface area contributed by atoms with Crippen LogP contribution in [-0.2, 0) is 0 Å². The minimum atomic E-state index is -0.630. The van der Waals surface area contributed by atoms with Gasteiger partial charge in [-0.3, -0.25) is 5.10 Å². The molecule has 1 N–H and O–H groups in total. The van der Waals surface area contributed by atoms with Crippen LogP contribution in [0.15, 0.2) is 18.2 Å². The molecule has 1 saturated carbocycles. The van der Waals surface area contributed by atoms with E-state index in [4.69, 9.17) is 0 Å². The molecule has 2 aromatic rings. The van der Waals surface area contributed by atoms with E-state index in [0.717, 1.165) is 18.7 Å². The van der Waals surface area contributed by atoms with Crippen LogP contribution in [0.25, 0.3) is 11.4 Å². The minimum absolute atomic E-state index is 0.108. The average Bonchev–Trinajstić information content (AvgIpc) is 2.89. The van der Waals surface area contributed by atoms with Crippen molar-refractivity contribution in [2.75, 3.05) is 0 Å². The molecule has 0 amide bonds. The first-order valence-electron chi connectivity index (χ1n) is 6.62. The van der Waals surface area contributed by atoms with Crippen molar-refractivity contribution >= 4 is 0 Å². The van der Waals surface area contributed by atoms with Gasteiger partial charge >= 0.3 is 0 Å². The van der Waals surface area contributed by atoms with Gasteiger partial charge < -0.3 is 0 Å². The van der Waals surface area contributed by atoms with Crippen molar-refractivity contribution in [3.05, 3.63) is 35.7 Å². The largest absolute Gasteiger partial charge is 0.262 e. The predicted octanol–water partition coefficient (Wildman–Crippen LogP) is 3.80. The lowest BCUT2D eigenvalue weighted by Gasteiger charge is -2.18. The fourth-order valence-electron chi connectivity index (χ4n) is 2.66. The Kier molecular flexibility index (Phi) is 3.27. The number of benzene rings is 1. The molecule has 0 unspecified atom stereocenters. The average molecular weight is 263 g/mol. The monoisotopic (exact) mass is 263 g/mol. The summed E-state index contributed by atoms with van der Waals surface area (Å²) in [6, 6.07) is 3.77. The van der Waals surface area contributed by atoms with Gasteiger partial charge in [-0.25, -0.2) is 13.8 Å². The lowest BCUT2D eigenvalue weighted by atomic mass is 9.89. The number of hydrogen-bond acceptors (Lipinski definition) is 2. The standard InChI is InChI=1S/C14H15F2N3/c15-10-7-4-8-11(16)12(10)14-17-13(18-19-14)9-5-2-1-3-6-9/h4,7-9H,1-3,5-6H2,(H,17,18,19). The van der Waals surface area contributed by atoms with Crippen molar-refractivity contribution < 1.29 is 8.78 Å². The summed E-state index contributed by atoms with van der Waals surface area (Å²) in [5, 5.41) is 6.80. The molecular formula is C14H15F2N3. The summed E-state index contributed by atoms with van der Waals surface area (Å²) in [4.78, 5) is 4.28. The molecule has 19 heavy (non-hydrogen) atoms. The number of H-pyrrole nitrogens is 1. The zero-order chi connectivity index (χ0) is 13.2. The number of nitrogens with one attached hydrogen (secondary N) is 1. The minimum Gasteiger partial charge on any atom is -0.262 e. The number of rotatable bonds is 2. The second kappa shape index (κ2) is 5.07. The fourth-order valence-corrected chi connectivity index (χ4v) is 2.66. The normalized spacial score (nSPS) is 16.7. The maximum absolute atomic E-state index is 13.7. The zero-order valence-corrected chi connectivity index (χ0v) is 10.5. The highest BCUT2D eigenvalue weighted by atomic mass is 19.1. The Morgan fingerprint density at radius 2 is 1.74 bits per heavy atom. The number of halogens is 2. The van der Waals surface area contributed by atoms with Crippen LogP contribution in [0.5, 0.6) is 0 Å². The van der Waals surface area contributed by atoms with Gasteiger partial charge in [-0.15, -0.1) is 0 Å². The van der Waals surface area contributed by atoms with Crippen LogP contribution in [0, 0.1) is 11.6 Å². The maximum atomic E-state index is 13.7. The number of hydrogen-bond donors (Lipinski definition) is 1. The molecule has 1 aromatic heterocycles. The third-order valence-corrected chi connectivity index (χ3v) is 3.68. The van der Waals surface area contributed by atoms with Crippen molar-refractivity contribution in [1.82, 2.24) is 15.2 Å². The SMILES string of the molecule is Fc1cccc(F)c1-c1n[nH]c(C2CCCCC2)n1. The highest BCUT2D eigenvalue weighted by molar-refractivity contribution is 5.56. The molecule has 1 heterocycles. The van der Waals surface area contributed by atoms with Crippen molar-refractivity contribution in [2.45, 2.75) is 38.0 Å². The van der Waals surface area contributed by atoms with Crippen LogP contribution in [-0.4, -0.2) is 15.2 Å². The predicted molar refractivity (Wildman–Crippen MR) is 67.6 cm³/mol. The van der Waals surface area contributed by atoms with E-state index in [1.54, 1.807) is 0 Å². The second-order valence-corrected chi connectivity index (χ2v) is 4.98. The molecule has 0 bridgehead atoms. The maximum Gasteiger partial charge on any atom is 0.187 e. The molecule has 1 aromatic carbocycles. The summed E-state index contributed by atoms with van der Waals surface area (Å²) >= 11 is 0. The lowest BCUT2D eigenvalue weighted by molar-refractivity contribution is 0.429. The van der Waals surface area contributed by atoms with Crippen molar-refractivity contribution in [1.29, 1.82) is 0 Å². The summed E-state index contributed by atoms with van der Waals surface area (Å²) in [7, 11) is 0. The third kappa shape index (κ3) is 2.37. The smallest absolute Gasteiger partial charge is 0.187 e. The van der Waals surface area contributed by atoms with E-state index in [0.29, 0.717) is 5.92 Å². The quantitative estimate of drug-likeness (QED) is 0.895. The zero-order valence-electron chi connectivity index (χ0n) is 10.5. The van der Waals surface area contributed by atoms with Crippen LogP contribution in [0.2, 0.25) is 0 Å². The molecule has 100 valence electrons. The molecule has 0 saturated heterocycles. The van der Waals surface area contributed by atoms with Gasteiger partial charge in [0.1, 0.15) is 17.5 Å². The van der Waals surface area contributed by atoms with E-state index >= 15 is 0 Å². The topological polar surface area (TPSA) is 41.6 Å². The summed E-state index contributed by atoms with van der Waals surface area (Å²) < 4.78 is 27.3. The Morgan fingerprint density at radius 3 is 2.42 bits per heavy atom. The van der Waals surface area contributed by atoms with Crippen LogP contribution >= 0.6 is 0 Å². The van der Waals surface area contributed by atoms with Crippen LogP contribution in [0.3, 0.4) is 0 Å². The van der Waals surface area contributed by atoms with Gasteiger partial charge in [0.25, 0.3) is 0 Å². The molecule has 3 nitrogen and oxygen atoms in total. The Balaban J connectivity index is 1.92. The number of nitrogens with zero attached hydrogens (tertiary/aromatic N) is 2. The Labute approximate surface area is 110 Å². The van der Waals surface area contributed by atoms with Crippen molar-refractivity contribution in [3.8, 4) is 11.4 Å². The van der Waals surface area contributed by atoms with E-state index in [1.807, 2.05) is 0 Å². The Bertz CT molecular complexity index is 554. The highest BCUT2D eigenvalue weighted by Crippen LogP contribution is 2.32. The first-order chi connectivity index (χ1) is 9.25. The molecule has 1 fully saturated rings. The summed E-state index contributed by atoms with van der Waals surface area (Å²) in [5.41, 5.74) is -0.152. The van der Waals surface area contributed by atoms with Gasteiger partial charge in [0, 0.05) is 5.92 Å². The Morgan fingerprint density at radius 1 is 1.05 bits per heavy atom. The summed E-state index contributed by atoms with van der Waals surface area (Å²) in [5.74, 6) is -0.0678.